The molecule has 1 heterocycles. The van der Waals surface area contributed by atoms with E-state index >= 15 is 0 Å². The van der Waals surface area contributed by atoms with Crippen molar-refractivity contribution < 1.29 is 14.0 Å². The smallest absolute Gasteiger partial charge is 0.319 e. The molecule has 7 heteroatoms. The molecular weight excluding hydrogens is 323 g/mol. The maximum Gasteiger partial charge on any atom is 0.319 e. The number of nitrogens with one attached hydrogen (secondary N) is 2. The third-order valence-corrected chi connectivity index (χ3v) is 4.91. The van der Waals surface area contributed by atoms with Gasteiger partial charge in [0, 0.05) is 39.1 Å². The Morgan fingerprint density at radius 3 is 2.64 bits per heavy atom. The summed E-state index contributed by atoms with van der Waals surface area (Å²) in [6.07, 6.45) is 1.82. The van der Waals surface area contributed by atoms with E-state index in [1.807, 2.05) is 4.90 Å². The van der Waals surface area contributed by atoms with Gasteiger partial charge in [-0.05, 0) is 37.0 Å². The molecule has 2 aliphatic rings. The maximum absolute atomic E-state index is 13.7. The summed E-state index contributed by atoms with van der Waals surface area (Å²) in [7, 11) is 0. The second kappa shape index (κ2) is 7.29. The van der Waals surface area contributed by atoms with Gasteiger partial charge < -0.3 is 20.4 Å². The Bertz CT molecular complexity index is 666. The standard InChI is InChI=1S/C18H25FN4O2/c1-12-10-15(12)20-18(25)21-16-11-14(19)4-5-17(16)23-7-3-6-22(8-9-23)13(2)24/h4-5,11-12,15H,3,6-10H2,1-2H3,(H2,20,21,25). The number of carbonyl (C=O) groups is 2. The summed E-state index contributed by atoms with van der Waals surface area (Å²) >= 11 is 0. The fourth-order valence-electron chi connectivity index (χ4n) is 3.21. The van der Waals surface area contributed by atoms with Gasteiger partial charge in [0.25, 0.3) is 0 Å². The fourth-order valence-corrected chi connectivity index (χ4v) is 3.21. The number of hydrogen-bond acceptors (Lipinski definition) is 3. The van der Waals surface area contributed by atoms with Crippen molar-refractivity contribution in [2.24, 2.45) is 5.92 Å². The Kier molecular flexibility index (Phi) is 5.11. The summed E-state index contributed by atoms with van der Waals surface area (Å²) in [6, 6.07) is 4.34. The zero-order chi connectivity index (χ0) is 18.0. The molecule has 1 saturated heterocycles. The van der Waals surface area contributed by atoms with Crippen LogP contribution in [0, 0.1) is 11.7 Å². The van der Waals surface area contributed by atoms with Crippen LogP contribution in [0.25, 0.3) is 0 Å². The molecule has 3 amide bonds. The van der Waals surface area contributed by atoms with Crippen molar-refractivity contribution in [2.75, 3.05) is 36.4 Å². The number of hydrogen-bond donors (Lipinski definition) is 2. The molecule has 1 aliphatic heterocycles. The Morgan fingerprint density at radius 2 is 1.96 bits per heavy atom. The first-order chi connectivity index (χ1) is 11.9. The van der Waals surface area contributed by atoms with E-state index < -0.39 is 0 Å². The van der Waals surface area contributed by atoms with E-state index in [4.69, 9.17) is 0 Å². The van der Waals surface area contributed by atoms with Crippen LogP contribution in [0.2, 0.25) is 0 Å². The summed E-state index contributed by atoms with van der Waals surface area (Å²) < 4.78 is 13.7. The highest BCUT2D eigenvalue weighted by Gasteiger charge is 2.34. The zero-order valence-corrected chi connectivity index (χ0v) is 14.7. The highest BCUT2D eigenvalue weighted by atomic mass is 19.1. The number of carbonyl (C=O) groups excluding carboxylic acids is 2. The lowest BCUT2D eigenvalue weighted by molar-refractivity contribution is -0.128. The third-order valence-electron chi connectivity index (χ3n) is 4.91. The lowest BCUT2D eigenvalue weighted by atomic mass is 10.2. The normalized spacial score (nSPS) is 23.0. The number of urea groups is 1. The summed E-state index contributed by atoms with van der Waals surface area (Å²) in [6.45, 7) is 6.40. The van der Waals surface area contributed by atoms with Crippen LogP contribution >= 0.6 is 0 Å². The van der Waals surface area contributed by atoms with Crippen molar-refractivity contribution >= 4 is 23.3 Å². The molecule has 6 nitrogen and oxygen atoms in total. The molecule has 1 saturated carbocycles. The fraction of sp³-hybridized carbons (Fsp3) is 0.556. The highest BCUT2D eigenvalue weighted by Crippen LogP contribution is 2.30. The predicted molar refractivity (Wildman–Crippen MR) is 95.2 cm³/mol. The molecule has 25 heavy (non-hydrogen) atoms. The minimum absolute atomic E-state index is 0.0669. The lowest BCUT2D eigenvalue weighted by Gasteiger charge is -2.26. The Morgan fingerprint density at radius 1 is 1.20 bits per heavy atom. The van der Waals surface area contributed by atoms with Gasteiger partial charge in [0.2, 0.25) is 5.91 Å². The molecular formula is C18H25FN4O2. The van der Waals surface area contributed by atoms with Gasteiger partial charge in [0.1, 0.15) is 5.82 Å². The first-order valence-corrected chi connectivity index (χ1v) is 8.81. The van der Waals surface area contributed by atoms with Crippen molar-refractivity contribution in [1.82, 2.24) is 10.2 Å². The second-order valence-corrected chi connectivity index (χ2v) is 6.93. The molecule has 136 valence electrons. The molecule has 0 radical (unpaired) electrons. The number of amides is 3. The van der Waals surface area contributed by atoms with Crippen LogP contribution in [0.3, 0.4) is 0 Å². The van der Waals surface area contributed by atoms with Crippen LogP contribution in [0.5, 0.6) is 0 Å². The summed E-state index contributed by atoms with van der Waals surface area (Å²) in [5.41, 5.74) is 1.24. The quantitative estimate of drug-likeness (QED) is 0.882. The number of anilines is 2. The van der Waals surface area contributed by atoms with Crippen molar-refractivity contribution in [3.63, 3.8) is 0 Å². The summed E-state index contributed by atoms with van der Waals surface area (Å²) in [4.78, 5) is 27.6. The van der Waals surface area contributed by atoms with Crippen molar-refractivity contribution in [3.8, 4) is 0 Å². The van der Waals surface area contributed by atoms with Crippen LogP contribution in [0.15, 0.2) is 18.2 Å². The maximum atomic E-state index is 13.7. The van der Waals surface area contributed by atoms with Crippen LogP contribution in [-0.4, -0.2) is 49.1 Å². The van der Waals surface area contributed by atoms with Gasteiger partial charge in [-0.1, -0.05) is 6.92 Å². The van der Waals surface area contributed by atoms with E-state index in [9.17, 15) is 14.0 Å². The van der Waals surface area contributed by atoms with E-state index in [2.05, 4.69) is 22.5 Å². The van der Waals surface area contributed by atoms with Crippen molar-refractivity contribution in [3.05, 3.63) is 24.0 Å². The van der Waals surface area contributed by atoms with Crippen molar-refractivity contribution in [2.45, 2.75) is 32.7 Å². The average molecular weight is 348 g/mol. The Labute approximate surface area is 147 Å². The van der Waals surface area contributed by atoms with Gasteiger partial charge in [0.05, 0.1) is 11.4 Å². The van der Waals surface area contributed by atoms with E-state index in [0.717, 1.165) is 31.6 Å². The van der Waals surface area contributed by atoms with E-state index in [-0.39, 0.29) is 23.8 Å². The Hall–Kier alpha value is -2.31. The second-order valence-electron chi connectivity index (χ2n) is 6.93. The molecule has 1 aromatic carbocycles. The molecule has 0 bridgehead atoms. The molecule has 1 aliphatic carbocycles. The monoisotopic (exact) mass is 348 g/mol. The summed E-state index contributed by atoms with van der Waals surface area (Å²) in [5, 5.41) is 5.67. The van der Waals surface area contributed by atoms with Crippen LogP contribution in [-0.2, 0) is 4.79 Å². The topological polar surface area (TPSA) is 64.7 Å². The van der Waals surface area contributed by atoms with Crippen LogP contribution in [0.4, 0.5) is 20.6 Å². The SMILES string of the molecule is CC(=O)N1CCCN(c2ccc(F)cc2NC(=O)NC2CC2C)CC1. The third kappa shape index (κ3) is 4.41. The van der Waals surface area contributed by atoms with Crippen LogP contribution in [0.1, 0.15) is 26.7 Å². The molecule has 2 N–H and O–H groups in total. The number of nitrogens with zero attached hydrogens (tertiary/aromatic N) is 2. The molecule has 2 unspecified atom stereocenters. The molecule has 3 rings (SSSR count). The largest absolute Gasteiger partial charge is 0.368 e. The molecule has 2 atom stereocenters. The minimum Gasteiger partial charge on any atom is -0.368 e. The average Bonchev–Trinajstić information content (AvgIpc) is 3.28. The van der Waals surface area contributed by atoms with Gasteiger partial charge in [-0.2, -0.15) is 0 Å². The van der Waals surface area contributed by atoms with E-state index in [1.165, 1.54) is 12.1 Å². The van der Waals surface area contributed by atoms with Crippen molar-refractivity contribution in [1.29, 1.82) is 0 Å². The molecule has 0 spiro atoms. The predicted octanol–water partition coefficient (Wildman–Crippen LogP) is 2.41. The molecule has 1 aromatic rings. The first-order valence-electron chi connectivity index (χ1n) is 8.81. The van der Waals surface area contributed by atoms with Gasteiger partial charge in [-0.3, -0.25) is 4.79 Å². The van der Waals surface area contributed by atoms with E-state index in [0.29, 0.717) is 24.7 Å². The minimum atomic E-state index is -0.390. The number of benzene rings is 1. The number of halogens is 1. The van der Waals surface area contributed by atoms with Crippen LogP contribution < -0.4 is 15.5 Å². The summed E-state index contributed by atoms with van der Waals surface area (Å²) in [5.74, 6) is 0.178. The highest BCUT2D eigenvalue weighted by molar-refractivity contribution is 5.93. The molecule has 2 fully saturated rings. The van der Waals surface area contributed by atoms with Gasteiger partial charge in [-0.25, -0.2) is 9.18 Å². The zero-order valence-electron chi connectivity index (χ0n) is 14.7. The molecule has 0 aromatic heterocycles. The lowest BCUT2D eigenvalue weighted by Crippen LogP contribution is -2.35. The van der Waals surface area contributed by atoms with Gasteiger partial charge in [0.15, 0.2) is 0 Å². The van der Waals surface area contributed by atoms with Gasteiger partial charge >= 0.3 is 6.03 Å². The number of rotatable bonds is 3. The van der Waals surface area contributed by atoms with E-state index in [1.54, 1.807) is 13.0 Å². The van der Waals surface area contributed by atoms with Gasteiger partial charge in [-0.15, -0.1) is 0 Å². The Balaban J connectivity index is 1.72. The first kappa shape index (κ1) is 17.5.